The monoisotopic (exact) mass is 437 g/mol. The first-order valence-corrected chi connectivity index (χ1v) is 11.2. The average Bonchev–Trinajstić information content (AvgIpc) is 3.20. The minimum Gasteiger partial charge on any atom is -0.369 e. The number of fused-ring (bicyclic) bond motifs is 2. The van der Waals surface area contributed by atoms with E-state index in [1.54, 1.807) is 6.92 Å². The highest BCUT2D eigenvalue weighted by Crippen LogP contribution is 2.43. The molecule has 0 amide bonds. The number of morpholine rings is 1. The number of benzene rings is 1. The topological polar surface area (TPSA) is 129 Å². The second kappa shape index (κ2) is 7.75. The van der Waals surface area contributed by atoms with Crippen LogP contribution in [0.4, 0.5) is 0 Å². The van der Waals surface area contributed by atoms with Gasteiger partial charge in [-0.3, -0.25) is 18.5 Å². The Hall–Kier alpha value is -2.31. The molecule has 3 heterocycles. The van der Waals surface area contributed by atoms with E-state index < -0.39 is 45.3 Å². The van der Waals surface area contributed by atoms with Gasteiger partial charge in [0.15, 0.2) is 6.23 Å². The molecule has 2 aliphatic heterocycles. The molecule has 2 N–H and O–H groups in total. The Morgan fingerprint density at radius 2 is 2.00 bits per heavy atom. The van der Waals surface area contributed by atoms with Crippen LogP contribution in [0.5, 0.6) is 0 Å². The Kier molecular flexibility index (Phi) is 5.41. The maximum atomic E-state index is 12.4. The number of aryl methyl sites for hydroxylation is 1. The van der Waals surface area contributed by atoms with E-state index in [-0.39, 0.29) is 13.2 Å². The van der Waals surface area contributed by atoms with Crippen molar-refractivity contribution in [2.24, 2.45) is 0 Å². The van der Waals surface area contributed by atoms with Crippen molar-refractivity contribution in [2.45, 2.75) is 37.5 Å². The smallest absolute Gasteiger partial charge is 0.330 e. The summed E-state index contributed by atoms with van der Waals surface area (Å²) >= 11 is 0. The summed E-state index contributed by atoms with van der Waals surface area (Å²) in [6.07, 6.45) is 1.01. The van der Waals surface area contributed by atoms with Crippen molar-refractivity contribution < 1.29 is 22.1 Å². The molecular formula is C19H23N3O7S. The summed E-state index contributed by atoms with van der Waals surface area (Å²) in [6.45, 7) is 1.89. The van der Waals surface area contributed by atoms with Crippen LogP contribution in [0.2, 0.25) is 0 Å². The largest absolute Gasteiger partial charge is 0.369 e. The van der Waals surface area contributed by atoms with E-state index in [4.69, 9.17) is 13.7 Å². The van der Waals surface area contributed by atoms with Crippen molar-refractivity contribution in [1.29, 1.82) is 0 Å². The van der Waals surface area contributed by atoms with E-state index >= 15 is 0 Å². The van der Waals surface area contributed by atoms with E-state index in [0.29, 0.717) is 12.1 Å². The number of aromatic nitrogens is 2. The number of H-pyrrole nitrogens is 1. The molecule has 2 aromatic rings. The summed E-state index contributed by atoms with van der Waals surface area (Å²) < 4.78 is 41.9. The molecule has 4 rings (SSSR count). The molecule has 2 saturated heterocycles. The first-order chi connectivity index (χ1) is 14.2. The first kappa shape index (κ1) is 20.9. The molecule has 2 aliphatic rings. The Morgan fingerprint density at radius 3 is 2.70 bits per heavy atom. The normalized spacial score (nSPS) is 28.1. The van der Waals surface area contributed by atoms with Gasteiger partial charge in [0.2, 0.25) is 0 Å². The van der Waals surface area contributed by atoms with Gasteiger partial charge in [-0.15, -0.1) is 0 Å². The van der Waals surface area contributed by atoms with E-state index in [9.17, 15) is 18.0 Å². The molecular weight excluding hydrogens is 414 g/mol. The maximum Gasteiger partial charge on any atom is 0.330 e. The van der Waals surface area contributed by atoms with Crippen LogP contribution < -0.4 is 16.6 Å². The SMILES string of the molecule is Cc1cn([C@@H]2O[C@@]3(COS(C)(=O)=O)CN[C@@H]2[C@@H]3OCc2ccccc2)c(=O)[nH]c1=O. The van der Waals surface area contributed by atoms with Crippen LogP contribution in [0, 0.1) is 6.92 Å². The number of hydrogen-bond acceptors (Lipinski definition) is 8. The van der Waals surface area contributed by atoms with Crippen LogP contribution in [0.1, 0.15) is 17.4 Å². The Bertz CT molecular complexity index is 1140. The third-order valence-electron chi connectivity index (χ3n) is 5.35. The van der Waals surface area contributed by atoms with Gasteiger partial charge >= 0.3 is 5.69 Å². The van der Waals surface area contributed by atoms with Crippen molar-refractivity contribution in [3.8, 4) is 0 Å². The minimum atomic E-state index is -3.71. The standard InChI is InChI=1S/C19H23N3O7S/c1-12-8-22(18(24)21-16(12)23)17-14-15(27-9-13-6-4-3-5-7-13)19(29-17,10-20-14)11-28-30(2,25)26/h3-8,14-15,17,20H,9-11H2,1-2H3,(H,21,23,24)/t14-,15+,17-,19-/m1/s1. The molecule has 0 spiro atoms. The van der Waals surface area contributed by atoms with Crippen LogP contribution in [-0.4, -0.2) is 55.1 Å². The fraction of sp³-hybridized carbons (Fsp3) is 0.474. The Morgan fingerprint density at radius 1 is 1.27 bits per heavy atom. The molecule has 0 saturated carbocycles. The van der Waals surface area contributed by atoms with E-state index in [1.165, 1.54) is 10.8 Å². The molecule has 2 fully saturated rings. The van der Waals surface area contributed by atoms with Crippen molar-refractivity contribution in [3.63, 3.8) is 0 Å². The predicted octanol–water partition coefficient (Wildman–Crippen LogP) is -0.354. The lowest BCUT2D eigenvalue weighted by Gasteiger charge is -2.31. The van der Waals surface area contributed by atoms with Crippen molar-refractivity contribution in [3.05, 3.63) is 68.5 Å². The molecule has 2 bridgehead atoms. The fourth-order valence-electron chi connectivity index (χ4n) is 3.89. The zero-order chi connectivity index (χ0) is 21.5. The third kappa shape index (κ3) is 3.98. The van der Waals surface area contributed by atoms with Gasteiger partial charge in [-0.05, 0) is 12.5 Å². The van der Waals surface area contributed by atoms with Gasteiger partial charge in [0, 0.05) is 18.3 Å². The molecule has 0 radical (unpaired) electrons. The van der Waals surface area contributed by atoms with E-state index in [1.807, 2.05) is 30.3 Å². The highest BCUT2D eigenvalue weighted by Gasteiger charge is 2.62. The van der Waals surface area contributed by atoms with Gasteiger partial charge < -0.3 is 14.8 Å². The van der Waals surface area contributed by atoms with E-state index in [0.717, 1.165) is 11.8 Å². The van der Waals surface area contributed by atoms with E-state index in [2.05, 4.69) is 10.3 Å². The van der Waals surface area contributed by atoms with Crippen molar-refractivity contribution in [2.75, 3.05) is 19.4 Å². The summed E-state index contributed by atoms with van der Waals surface area (Å²) in [6, 6.07) is 9.07. The second-order valence-electron chi connectivity index (χ2n) is 7.64. The molecule has 0 unspecified atom stereocenters. The number of ether oxygens (including phenoxy) is 2. The molecule has 10 nitrogen and oxygen atoms in total. The number of nitrogens with one attached hydrogen (secondary N) is 2. The lowest BCUT2D eigenvalue weighted by atomic mass is 10.00. The molecule has 4 atom stereocenters. The third-order valence-corrected chi connectivity index (χ3v) is 5.90. The van der Waals surface area contributed by atoms with Crippen molar-refractivity contribution in [1.82, 2.24) is 14.9 Å². The zero-order valence-corrected chi connectivity index (χ0v) is 17.3. The van der Waals surface area contributed by atoms with Crippen LogP contribution in [0.25, 0.3) is 0 Å². The quantitative estimate of drug-likeness (QED) is 0.563. The molecule has 11 heteroatoms. The van der Waals surface area contributed by atoms with Crippen molar-refractivity contribution >= 4 is 10.1 Å². The van der Waals surface area contributed by atoms with Gasteiger partial charge in [-0.1, -0.05) is 30.3 Å². The first-order valence-electron chi connectivity index (χ1n) is 9.42. The lowest BCUT2D eigenvalue weighted by Crippen LogP contribution is -2.49. The number of aromatic amines is 1. The van der Waals surface area contributed by atoms with Gasteiger partial charge in [0.1, 0.15) is 11.7 Å². The highest BCUT2D eigenvalue weighted by molar-refractivity contribution is 7.85. The maximum absolute atomic E-state index is 12.4. The van der Waals surface area contributed by atoms with Gasteiger partial charge in [-0.25, -0.2) is 4.79 Å². The Balaban J connectivity index is 1.65. The molecule has 1 aromatic heterocycles. The lowest BCUT2D eigenvalue weighted by molar-refractivity contribution is -0.137. The summed E-state index contributed by atoms with van der Waals surface area (Å²) in [5.74, 6) is 0. The number of hydrogen-bond donors (Lipinski definition) is 2. The highest BCUT2D eigenvalue weighted by atomic mass is 32.2. The molecule has 1 aromatic carbocycles. The summed E-state index contributed by atoms with van der Waals surface area (Å²) in [5, 5.41) is 3.25. The number of nitrogens with zero attached hydrogens (tertiary/aromatic N) is 1. The summed E-state index contributed by atoms with van der Waals surface area (Å²) in [5.41, 5.74) is -0.914. The van der Waals surface area contributed by atoms with Gasteiger partial charge in [-0.2, -0.15) is 8.42 Å². The predicted molar refractivity (Wildman–Crippen MR) is 107 cm³/mol. The molecule has 162 valence electrons. The molecule has 30 heavy (non-hydrogen) atoms. The van der Waals surface area contributed by atoms with Gasteiger partial charge in [0.05, 0.1) is 25.5 Å². The average molecular weight is 437 g/mol. The van der Waals surface area contributed by atoms with Gasteiger partial charge in [0.25, 0.3) is 15.7 Å². The number of rotatable bonds is 7. The zero-order valence-electron chi connectivity index (χ0n) is 16.5. The summed E-state index contributed by atoms with van der Waals surface area (Å²) in [4.78, 5) is 26.4. The molecule has 0 aliphatic carbocycles. The Labute approximate surface area is 172 Å². The van der Waals surface area contributed by atoms with Crippen LogP contribution in [-0.2, 0) is 30.4 Å². The van der Waals surface area contributed by atoms with Crippen LogP contribution in [0.3, 0.4) is 0 Å². The van der Waals surface area contributed by atoms with Crippen LogP contribution >= 0.6 is 0 Å². The minimum absolute atomic E-state index is 0.262. The fourth-order valence-corrected chi connectivity index (χ4v) is 4.31. The van der Waals surface area contributed by atoms with Crippen LogP contribution in [0.15, 0.2) is 46.1 Å². The second-order valence-corrected chi connectivity index (χ2v) is 9.29. The summed E-state index contributed by atoms with van der Waals surface area (Å²) in [7, 11) is -3.71.